The number of aliphatic hydroxyl groups is 1. The van der Waals surface area contributed by atoms with Crippen molar-refractivity contribution in [2.45, 2.75) is 68.4 Å². The summed E-state index contributed by atoms with van der Waals surface area (Å²) in [7, 11) is 0. The summed E-state index contributed by atoms with van der Waals surface area (Å²) in [6, 6.07) is 0. The molecule has 3 aliphatic heterocycles. The maximum atomic E-state index is 12.1. The van der Waals surface area contributed by atoms with Gasteiger partial charge in [0.05, 0.1) is 5.92 Å². The zero-order valence-corrected chi connectivity index (χ0v) is 13.8. The molecule has 2 saturated carbocycles. The predicted octanol–water partition coefficient (Wildman–Crippen LogP) is 0.0955. The third-order valence-electron chi connectivity index (χ3n) is 6.80. The molecule has 7 heteroatoms. The SMILES string of the molecule is C=C1C(=O)OC2C1CC(OC(C)=O)C(C)(O)C13OC1C1OC1(C)C23. The van der Waals surface area contributed by atoms with Crippen LogP contribution in [0.1, 0.15) is 27.2 Å². The highest BCUT2D eigenvalue weighted by atomic mass is 16.7. The Morgan fingerprint density at radius 3 is 2.71 bits per heavy atom. The van der Waals surface area contributed by atoms with Crippen molar-refractivity contribution < 1.29 is 33.6 Å². The molecule has 24 heavy (non-hydrogen) atoms. The highest BCUT2D eigenvalue weighted by Gasteiger charge is 2.93. The summed E-state index contributed by atoms with van der Waals surface area (Å²) in [4.78, 5) is 23.7. The van der Waals surface area contributed by atoms with E-state index in [0.717, 1.165) is 0 Å². The second-order valence-electron chi connectivity index (χ2n) is 8.01. The van der Waals surface area contributed by atoms with Gasteiger partial charge in [-0.3, -0.25) is 4.79 Å². The summed E-state index contributed by atoms with van der Waals surface area (Å²) in [5.41, 5.74) is -2.46. The largest absolute Gasteiger partial charge is 0.459 e. The maximum Gasteiger partial charge on any atom is 0.334 e. The van der Waals surface area contributed by atoms with E-state index in [9.17, 15) is 14.7 Å². The third kappa shape index (κ3) is 1.38. The van der Waals surface area contributed by atoms with Crippen LogP contribution in [0.25, 0.3) is 0 Å². The van der Waals surface area contributed by atoms with E-state index in [1.807, 2.05) is 6.92 Å². The summed E-state index contributed by atoms with van der Waals surface area (Å²) < 4.78 is 22.9. The lowest BCUT2D eigenvalue weighted by Gasteiger charge is -2.39. The van der Waals surface area contributed by atoms with E-state index in [1.54, 1.807) is 6.92 Å². The Morgan fingerprint density at radius 1 is 1.33 bits per heavy atom. The van der Waals surface area contributed by atoms with Crippen LogP contribution in [0.2, 0.25) is 0 Å². The van der Waals surface area contributed by atoms with Crippen molar-refractivity contribution in [1.29, 1.82) is 0 Å². The van der Waals surface area contributed by atoms with Gasteiger partial charge in [0.2, 0.25) is 0 Å². The lowest BCUT2D eigenvalue weighted by atomic mass is 9.73. The standard InChI is InChI=1S/C17H20O7/c1-6-8-5-9(21-7(2)18)16(4,20)17-11(10(8)22-14(6)19)15(3)12(23-15)13(17)24-17/h8-13,20H,1,5H2,2-4H3. The van der Waals surface area contributed by atoms with E-state index in [0.29, 0.717) is 5.57 Å². The highest BCUT2D eigenvalue weighted by Crippen LogP contribution is 2.75. The maximum absolute atomic E-state index is 12.1. The van der Waals surface area contributed by atoms with Crippen LogP contribution in [0.4, 0.5) is 0 Å². The number of carbonyl (C=O) groups is 2. The van der Waals surface area contributed by atoms with Crippen molar-refractivity contribution in [3.05, 3.63) is 12.2 Å². The van der Waals surface area contributed by atoms with E-state index in [2.05, 4.69) is 6.58 Å². The van der Waals surface area contributed by atoms with E-state index in [-0.39, 0.29) is 30.5 Å². The van der Waals surface area contributed by atoms with Crippen LogP contribution in [0.3, 0.4) is 0 Å². The first-order valence-corrected chi connectivity index (χ1v) is 8.29. The smallest absolute Gasteiger partial charge is 0.334 e. The van der Waals surface area contributed by atoms with Gasteiger partial charge in [-0.2, -0.15) is 0 Å². The quantitative estimate of drug-likeness (QED) is 0.412. The van der Waals surface area contributed by atoms with Crippen LogP contribution < -0.4 is 0 Å². The summed E-state index contributed by atoms with van der Waals surface area (Å²) in [5, 5.41) is 11.4. The molecule has 0 radical (unpaired) electrons. The molecule has 130 valence electrons. The number of ether oxygens (including phenoxy) is 4. The molecule has 9 unspecified atom stereocenters. The summed E-state index contributed by atoms with van der Waals surface area (Å²) >= 11 is 0. The number of epoxide rings is 2. The minimum atomic E-state index is -1.40. The van der Waals surface area contributed by atoms with Crippen molar-refractivity contribution >= 4 is 11.9 Å². The van der Waals surface area contributed by atoms with Crippen molar-refractivity contribution in [2.75, 3.05) is 0 Å². The predicted molar refractivity (Wildman–Crippen MR) is 77.7 cm³/mol. The Balaban J connectivity index is 1.65. The van der Waals surface area contributed by atoms with Crippen LogP contribution in [0, 0.1) is 11.8 Å². The van der Waals surface area contributed by atoms with Gasteiger partial charge in [0, 0.05) is 18.4 Å². The van der Waals surface area contributed by atoms with Gasteiger partial charge in [-0.25, -0.2) is 4.79 Å². The van der Waals surface area contributed by atoms with Crippen LogP contribution >= 0.6 is 0 Å². The summed E-state index contributed by atoms with van der Waals surface area (Å²) in [5.74, 6) is -1.57. The number of esters is 2. The van der Waals surface area contributed by atoms with Crippen LogP contribution in [0.15, 0.2) is 12.2 Å². The van der Waals surface area contributed by atoms with Crippen molar-refractivity contribution in [1.82, 2.24) is 0 Å². The van der Waals surface area contributed by atoms with Gasteiger partial charge < -0.3 is 24.1 Å². The molecule has 2 aliphatic carbocycles. The molecule has 0 bridgehead atoms. The van der Waals surface area contributed by atoms with Crippen molar-refractivity contribution in [3.63, 3.8) is 0 Å². The molecule has 5 aliphatic rings. The number of hydrogen-bond donors (Lipinski definition) is 1. The molecule has 5 fully saturated rings. The van der Waals surface area contributed by atoms with Gasteiger partial charge in [-0.15, -0.1) is 0 Å². The fourth-order valence-electron chi connectivity index (χ4n) is 5.57. The molecular weight excluding hydrogens is 316 g/mol. The minimum Gasteiger partial charge on any atom is -0.459 e. The summed E-state index contributed by atoms with van der Waals surface area (Å²) in [6.07, 6.45) is -1.41. The molecule has 5 rings (SSSR count). The average molecular weight is 336 g/mol. The monoisotopic (exact) mass is 336 g/mol. The van der Waals surface area contributed by atoms with Gasteiger partial charge in [-0.1, -0.05) is 6.58 Å². The number of carbonyl (C=O) groups excluding carboxylic acids is 2. The number of hydrogen-bond acceptors (Lipinski definition) is 7. The fourth-order valence-corrected chi connectivity index (χ4v) is 5.57. The molecule has 1 spiro atoms. The van der Waals surface area contributed by atoms with Gasteiger partial charge in [0.25, 0.3) is 0 Å². The van der Waals surface area contributed by atoms with Gasteiger partial charge in [-0.05, 0) is 20.3 Å². The average Bonchev–Trinajstić information content (AvgIpc) is 3.33. The Morgan fingerprint density at radius 2 is 2.04 bits per heavy atom. The number of fused-ring (bicyclic) bond motifs is 5. The molecular formula is C17H20O7. The molecule has 0 aromatic heterocycles. The third-order valence-corrected chi connectivity index (χ3v) is 6.80. The van der Waals surface area contributed by atoms with E-state index >= 15 is 0 Å². The first-order chi connectivity index (χ1) is 11.1. The van der Waals surface area contributed by atoms with Crippen molar-refractivity contribution in [2.24, 2.45) is 11.8 Å². The van der Waals surface area contributed by atoms with Gasteiger partial charge >= 0.3 is 11.9 Å². The molecule has 0 aromatic carbocycles. The Kier molecular flexibility index (Phi) is 2.39. The van der Waals surface area contributed by atoms with Crippen LogP contribution in [0.5, 0.6) is 0 Å². The molecule has 0 aromatic rings. The fraction of sp³-hybridized carbons (Fsp3) is 0.765. The lowest BCUT2D eigenvalue weighted by molar-refractivity contribution is -0.177. The van der Waals surface area contributed by atoms with E-state index in [4.69, 9.17) is 18.9 Å². The van der Waals surface area contributed by atoms with Crippen molar-refractivity contribution in [3.8, 4) is 0 Å². The molecule has 3 heterocycles. The summed E-state index contributed by atoms with van der Waals surface area (Å²) in [6.45, 7) is 8.77. The normalized spacial score (nSPS) is 59.5. The Labute approximate surface area is 138 Å². The molecule has 1 N–H and O–H groups in total. The zero-order valence-electron chi connectivity index (χ0n) is 13.8. The lowest BCUT2D eigenvalue weighted by Crippen LogP contribution is -2.58. The van der Waals surface area contributed by atoms with Crippen LogP contribution in [-0.2, 0) is 28.5 Å². The first-order valence-electron chi connectivity index (χ1n) is 8.29. The van der Waals surface area contributed by atoms with E-state index in [1.165, 1.54) is 6.92 Å². The van der Waals surface area contributed by atoms with E-state index < -0.39 is 40.9 Å². The molecule has 9 atom stereocenters. The number of rotatable bonds is 1. The first kappa shape index (κ1) is 14.9. The van der Waals surface area contributed by atoms with Crippen LogP contribution in [-0.4, -0.2) is 58.3 Å². The highest BCUT2D eigenvalue weighted by molar-refractivity contribution is 5.91. The molecule has 3 saturated heterocycles. The minimum absolute atomic E-state index is 0.127. The molecule has 0 amide bonds. The Hall–Kier alpha value is -1.44. The zero-order chi connectivity index (χ0) is 17.2. The second-order valence-corrected chi connectivity index (χ2v) is 8.01. The second kappa shape index (κ2) is 3.86. The van der Waals surface area contributed by atoms with Gasteiger partial charge in [0.1, 0.15) is 41.2 Å². The molecule has 7 nitrogen and oxygen atoms in total. The Bertz CT molecular complexity index is 699. The topological polar surface area (TPSA) is 97.9 Å². The van der Waals surface area contributed by atoms with Gasteiger partial charge in [0.15, 0.2) is 0 Å².